The van der Waals surface area contributed by atoms with Crippen LogP contribution in [0.4, 0.5) is 0 Å². The van der Waals surface area contributed by atoms with Crippen LogP contribution in [0.25, 0.3) is 5.57 Å². The lowest BCUT2D eigenvalue weighted by Gasteiger charge is -1.97. The van der Waals surface area contributed by atoms with Gasteiger partial charge >= 0.3 is 0 Å². The van der Waals surface area contributed by atoms with Gasteiger partial charge in [0.25, 0.3) is 0 Å². The number of hydrogen-bond donors (Lipinski definition) is 0. The second kappa shape index (κ2) is 4.91. The largest absolute Gasteiger partial charge is 0.249 e. The van der Waals surface area contributed by atoms with Gasteiger partial charge in [0.05, 0.1) is 16.1 Å². The first-order valence-corrected chi connectivity index (χ1v) is 5.41. The minimum atomic E-state index is 1.07. The highest BCUT2D eigenvalue weighted by Crippen LogP contribution is 2.23. The van der Waals surface area contributed by atoms with Crippen molar-refractivity contribution in [2.45, 2.75) is 20.8 Å². The summed E-state index contributed by atoms with van der Waals surface area (Å²) >= 11 is 1.65. The van der Waals surface area contributed by atoms with Gasteiger partial charge in [-0.05, 0) is 26.3 Å². The van der Waals surface area contributed by atoms with Crippen LogP contribution in [0.15, 0.2) is 35.9 Å². The zero-order chi connectivity index (χ0) is 10.6. The first-order chi connectivity index (χ1) is 6.65. The molecule has 0 atom stereocenters. The number of hydrogen-bond acceptors (Lipinski definition) is 2. The second-order valence-corrected chi connectivity index (χ2v) is 4.19. The summed E-state index contributed by atoms with van der Waals surface area (Å²) in [5.74, 6) is 0. The minimum Gasteiger partial charge on any atom is -0.249 e. The molecule has 0 amide bonds. The SMILES string of the molecule is C=C/C(=C\C=C(C)C)c1scnc1C. The van der Waals surface area contributed by atoms with Crippen LogP contribution in [0, 0.1) is 6.92 Å². The molecule has 1 aromatic rings. The Morgan fingerprint density at radius 3 is 2.57 bits per heavy atom. The molecule has 0 bridgehead atoms. The van der Waals surface area contributed by atoms with E-state index in [2.05, 4.69) is 37.6 Å². The van der Waals surface area contributed by atoms with Crippen molar-refractivity contribution in [2.24, 2.45) is 0 Å². The number of nitrogens with zero attached hydrogens (tertiary/aromatic N) is 1. The molecule has 0 N–H and O–H groups in total. The van der Waals surface area contributed by atoms with Crippen LogP contribution in [0.1, 0.15) is 24.4 Å². The lowest BCUT2D eigenvalue weighted by atomic mass is 10.1. The van der Waals surface area contributed by atoms with Gasteiger partial charge in [0.2, 0.25) is 0 Å². The Bertz CT molecular complexity index is 379. The van der Waals surface area contributed by atoms with Gasteiger partial charge in [-0.25, -0.2) is 4.98 Å². The monoisotopic (exact) mass is 205 g/mol. The van der Waals surface area contributed by atoms with Gasteiger partial charge in [0.1, 0.15) is 0 Å². The van der Waals surface area contributed by atoms with E-state index in [0.717, 1.165) is 11.3 Å². The molecule has 1 rings (SSSR count). The van der Waals surface area contributed by atoms with Crippen molar-refractivity contribution in [3.05, 3.63) is 46.5 Å². The van der Waals surface area contributed by atoms with E-state index in [4.69, 9.17) is 0 Å². The molecule has 0 saturated carbocycles. The summed E-state index contributed by atoms with van der Waals surface area (Å²) in [5.41, 5.74) is 5.37. The second-order valence-electron chi connectivity index (χ2n) is 3.34. The Labute approximate surface area is 89.5 Å². The number of aryl methyl sites for hydroxylation is 1. The summed E-state index contributed by atoms with van der Waals surface area (Å²) in [4.78, 5) is 5.43. The van der Waals surface area contributed by atoms with E-state index < -0.39 is 0 Å². The maximum Gasteiger partial charge on any atom is 0.0801 e. The van der Waals surface area contributed by atoms with Gasteiger partial charge in [-0.15, -0.1) is 11.3 Å². The van der Waals surface area contributed by atoms with Crippen molar-refractivity contribution in [3.8, 4) is 0 Å². The summed E-state index contributed by atoms with van der Waals surface area (Å²) in [6.07, 6.45) is 6.05. The molecular weight excluding hydrogens is 190 g/mol. The summed E-state index contributed by atoms with van der Waals surface area (Å²) in [7, 11) is 0. The predicted molar refractivity (Wildman–Crippen MR) is 64.5 cm³/mol. The quantitative estimate of drug-likeness (QED) is 0.680. The summed E-state index contributed by atoms with van der Waals surface area (Å²) in [5, 5.41) is 0. The number of aromatic nitrogens is 1. The van der Waals surface area contributed by atoms with Crippen molar-refractivity contribution in [3.63, 3.8) is 0 Å². The molecule has 0 aliphatic carbocycles. The fourth-order valence-corrected chi connectivity index (χ4v) is 1.90. The van der Waals surface area contributed by atoms with Crippen molar-refractivity contribution in [2.75, 3.05) is 0 Å². The fraction of sp³-hybridized carbons (Fsp3) is 0.250. The lowest BCUT2D eigenvalue weighted by molar-refractivity contribution is 1.26. The van der Waals surface area contributed by atoms with Crippen LogP contribution in [-0.4, -0.2) is 4.98 Å². The Morgan fingerprint density at radius 1 is 1.43 bits per heavy atom. The highest BCUT2D eigenvalue weighted by atomic mass is 32.1. The van der Waals surface area contributed by atoms with Gasteiger partial charge < -0.3 is 0 Å². The maximum atomic E-state index is 4.22. The van der Waals surface area contributed by atoms with Crippen molar-refractivity contribution < 1.29 is 0 Å². The number of thiazole rings is 1. The molecule has 74 valence electrons. The van der Waals surface area contributed by atoms with Crippen LogP contribution in [-0.2, 0) is 0 Å². The fourth-order valence-electron chi connectivity index (χ4n) is 1.07. The van der Waals surface area contributed by atoms with Crippen LogP contribution >= 0.6 is 11.3 Å². The Balaban J connectivity index is 3.05. The van der Waals surface area contributed by atoms with E-state index in [1.165, 1.54) is 10.5 Å². The highest BCUT2D eigenvalue weighted by molar-refractivity contribution is 7.11. The molecule has 0 unspecified atom stereocenters. The first kappa shape index (κ1) is 10.9. The zero-order valence-electron chi connectivity index (χ0n) is 8.87. The third-order valence-corrected chi connectivity index (χ3v) is 2.80. The smallest absolute Gasteiger partial charge is 0.0801 e. The average Bonchev–Trinajstić information content (AvgIpc) is 2.53. The topological polar surface area (TPSA) is 12.9 Å². The van der Waals surface area contributed by atoms with Gasteiger partial charge in [0, 0.05) is 0 Å². The molecule has 0 aromatic carbocycles. The third-order valence-electron chi connectivity index (χ3n) is 1.82. The van der Waals surface area contributed by atoms with E-state index in [-0.39, 0.29) is 0 Å². The maximum absolute atomic E-state index is 4.22. The van der Waals surface area contributed by atoms with Crippen molar-refractivity contribution >= 4 is 16.9 Å². The summed E-state index contributed by atoms with van der Waals surface area (Å²) in [6.45, 7) is 10.00. The normalized spacial score (nSPS) is 11.2. The van der Waals surface area contributed by atoms with Gasteiger partial charge in [-0.2, -0.15) is 0 Å². The molecule has 0 spiro atoms. The Kier molecular flexibility index (Phi) is 3.84. The van der Waals surface area contributed by atoms with Crippen molar-refractivity contribution in [1.29, 1.82) is 0 Å². The van der Waals surface area contributed by atoms with Gasteiger partial charge in [0.15, 0.2) is 0 Å². The number of rotatable bonds is 3. The predicted octanol–water partition coefficient (Wildman–Crippen LogP) is 3.99. The third kappa shape index (κ3) is 2.67. The van der Waals surface area contributed by atoms with Crippen LogP contribution in [0.5, 0.6) is 0 Å². The standard InChI is InChI=1S/C12H15NS/c1-5-11(7-6-9(2)3)12-10(4)13-8-14-12/h5-8H,1H2,2-4H3/b11-7+. The molecule has 1 heterocycles. The van der Waals surface area contributed by atoms with Crippen LogP contribution < -0.4 is 0 Å². The van der Waals surface area contributed by atoms with Gasteiger partial charge in [-0.3, -0.25) is 0 Å². The highest BCUT2D eigenvalue weighted by Gasteiger charge is 2.03. The first-order valence-electron chi connectivity index (χ1n) is 4.53. The molecule has 2 heteroatoms. The van der Waals surface area contributed by atoms with E-state index in [1.54, 1.807) is 11.3 Å². The lowest BCUT2D eigenvalue weighted by Crippen LogP contribution is -1.79. The van der Waals surface area contributed by atoms with Gasteiger partial charge in [-0.1, -0.05) is 30.4 Å². The molecule has 0 fully saturated rings. The molecule has 1 nitrogen and oxygen atoms in total. The zero-order valence-corrected chi connectivity index (χ0v) is 9.69. The summed E-state index contributed by atoms with van der Waals surface area (Å²) in [6, 6.07) is 0. The minimum absolute atomic E-state index is 1.07. The molecule has 14 heavy (non-hydrogen) atoms. The summed E-state index contributed by atoms with van der Waals surface area (Å²) < 4.78 is 0. The molecule has 0 radical (unpaired) electrons. The molecule has 0 saturated heterocycles. The Hall–Kier alpha value is -1.15. The molecular formula is C12H15NS. The van der Waals surface area contributed by atoms with E-state index in [0.29, 0.717) is 0 Å². The van der Waals surface area contributed by atoms with E-state index in [1.807, 2.05) is 18.5 Å². The van der Waals surface area contributed by atoms with Crippen LogP contribution in [0.2, 0.25) is 0 Å². The number of allylic oxidation sites excluding steroid dienone is 5. The average molecular weight is 205 g/mol. The molecule has 0 aliphatic heterocycles. The van der Waals surface area contributed by atoms with E-state index >= 15 is 0 Å². The molecule has 0 aliphatic rings. The van der Waals surface area contributed by atoms with Crippen molar-refractivity contribution in [1.82, 2.24) is 4.98 Å². The van der Waals surface area contributed by atoms with E-state index in [9.17, 15) is 0 Å². The Morgan fingerprint density at radius 2 is 2.14 bits per heavy atom. The molecule has 1 aromatic heterocycles. The van der Waals surface area contributed by atoms with Crippen LogP contribution in [0.3, 0.4) is 0 Å².